The van der Waals surface area contributed by atoms with Crippen LogP contribution in [-0.2, 0) is 15.6 Å². The first-order valence-corrected chi connectivity index (χ1v) is 7.95. The lowest BCUT2D eigenvalue weighted by Crippen LogP contribution is -2.20. The molecular weight excluding hydrogens is 308 g/mol. The van der Waals surface area contributed by atoms with Crippen LogP contribution >= 0.6 is 11.6 Å². The quantitative estimate of drug-likeness (QED) is 0.850. The number of nitrogen functional groups attached to an aromatic ring is 1. The molecule has 1 atom stereocenters. The largest absolute Gasteiger partial charge is 0.397 e. The van der Waals surface area contributed by atoms with Crippen LogP contribution in [0, 0.1) is 6.92 Å². The van der Waals surface area contributed by atoms with E-state index in [2.05, 4.69) is 5.32 Å². The number of halogens is 1. The Morgan fingerprint density at radius 2 is 2.05 bits per heavy atom. The molecule has 110 valence electrons. The highest BCUT2D eigenvalue weighted by atomic mass is 35.5. The van der Waals surface area contributed by atoms with Crippen molar-refractivity contribution in [1.29, 1.82) is 0 Å². The molecule has 6 heteroatoms. The molecule has 0 fully saturated rings. The van der Waals surface area contributed by atoms with Gasteiger partial charge in [-0.3, -0.25) is 9.00 Å². The smallest absolute Gasteiger partial charge is 0.237 e. The van der Waals surface area contributed by atoms with Gasteiger partial charge in [0.05, 0.1) is 22.2 Å². The number of amides is 1. The number of nitrogens with two attached hydrogens (primary N) is 1. The number of aryl methyl sites for hydroxylation is 1. The van der Waals surface area contributed by atoms with Crippen LogP contribution in [-0.4, -0.2) is 15.9 Å². The number of rotatable bonds is 4. The molecule has 0 aliphatic heterocycles. The molecule has 0 heterocycles. The molecule has 0 aliphatic rings. The van der Waals surface area contributed by atoms with Gasteiger partial charge in [0.25, 0.3) is 0 Å². The Balaban J connectivity index is 2.05. The fourth-order valence-corrected chi connectivity index (χ4v) is 2.98. The molecule has 0 bridgehead atoms. The van der Waals surface area contributed by atoms with Gasteiger partial charge in [-0.1, -0.05) is 23.7 Å². The molecule has 4 nitrogen and oxygen atoms in total. The van der Waals surface area contributed by atoms with Gasteiger partial charge < -0.3 is 11.1 Å². The zero-order valence-electron chi connectivity index (χ0n) is 11.4. The molecular formula is C15H15ClN2O2S. The maximum Gasteiger partial charge on any atom is 0.237 e. The summed E-state index contributed by atoms with van der Waals surface area (Å²) in [5.41, 5.74) is 7.59. The summed E-state index contributed by atoms with van der Waals surface area (Å²) in [6, 6.07) is 12.1. The van der Waals surface area contributed by atoms with Gasteiger partial charge >= 0.3 is 0 Å². The van der Waals surface area contributed by atoms with E-state index < -0.39 is 10.8 Å². The molecule has 1 unspecified atom stereocenters. The third-order valence-corrected chi connectivity index (χ3v) is 4.34. The average Bonchev–Trinajstić information content (AvgIpc) is 2.42. The summed E-state index contributed by atoms with van der Waals surface area (Å²) in [6.07, 6.45) is 0. The van der Waals surface area contributed by atoms with E-state index >= 15 is 0 Å². The minimum Gasteiger partial charge on any atom is -0.397 e. The Hall–Kier alpha value is -1.85. The fraction of sp³-hybridized carbons (Fsp3) is 0.133. The lowest BCUT2D eigenvalue weighted by Gasteiger charge is -2.08. The van der Waals surface area contributed by atoms with Crippen LogP contribution in [0.15, 0.2) is 47.4 Å². The summed E-state index contributed by atoms with van der Waals surface area (Å²) in [4.78, 5) is 12.6. The molecule has 2 aromatic rings. The number of benzene rings is 2. The fourth-order valence-electron chi connectivity index (χ4n) is 1.78. The van der Waals surface area contributed by atoms with E-state index in [9.17, 15) is 9.00 Å². The molecule has 3 N–H and O–H groups in total. The third kappa shape index (κ3) is 4.31. The van der Waals surface area contributed by atoms with E-state index in [0.717, 1.165) is 5.56 Å². The molecule has 0 saturated carbocycles. The predicted molar refractivity (Wildman–Crippen MR) is 86.9 cm³/mol. The predicted octanol–water partition coefficient (Wildman–Crippen LogP) is 2.98. The van der Waals surface area contributed by atoms with Gasteiger partial charge in [0.2, 0.25) is 5.91 Å². The normalized spacial score (nSPS) is 11.9. The summed E-state index contributed by atoms with van der Waals surface area (Å²) < 4.78 is 12.1. The first-order valence-electron chi connectivity index (χ1n) is 6.25. The van der Waals surface area contributed by atoms with Crippen molar-refractivity contribution in [2.24, 2.45) is 0 Å². The van der Waals surface area contributed by atoms with Crippen molar-refractivity contribution in [2.75, 3.05) is 16.8 Å². The van der Waals surface area contributed by atoms with Crippen LogP contribution in [0.2, 0.25) is 5.02 Å². The van der Waals surface area contributed by atoms with Crippen LogP contribution in [0.4, 0.5) is 11.4 Å². The zero-order valence-corrected chi connectivity index (χ0v) is 13.0. The summed E-state index contributed by atoms with van der Waals surface area (Å²) in [5, 5.41) is 3.10. The second-order valence-electron chi connectivity index (χ2n) is 4.59. The monoisotopic (exact) mass is 322 g/mol. The van der Waals surface area contributed by atoms with Crippen molar-refractivity contribution in [3.63, 3.8) is 0 Å². The Morgan fingerprint density at radius 1 is 1.29 bits per heavy atom. The molecule has 21 heavy (non-hydrogen) atoms. The van der Waals surface area contributed by atoms with Crippen molar-refractivity contribution in [3.05, 3.63) is 53.1 Å². The maximum absolute atomic E-state index is 12.1. The Labute approximate surface area is 130 Å². The van der Waals surface area contributed by atoms with Crippen molar-refractivity contribution in [2.45, 2.75) is 11.8 Å². The van der Waals surface area contributed by atoms with E-state index in [4.69, 9.17) is 17.3 Å². The highest BCUT2D eigenvalue weighted by Crippen LogP contribution is 2.23. The lowest BCUT2D eigenvalue weighted by molar-refractivity contribution is -0.113. The van der Waals surface area contributed by atoms with Gasteiger partial charge in [0.15, 0.2) is 0 Å². The number of anilines is 2. The highest BCUT2D eigenvalue weighted by molar-refractivity contribution is 7.85. The first-order chi connectivity index (χ1) is 9.95. The second kappa shape index (κ2) is 6.74. The van der Waals surface area contributed by atoms with Gasteiger partial charge in [-0.25, -0.2) is 0 Å². The van der Waals surface area contributed by atoms with Crippen LogP contribution in [0.5, 0.6) is 0 Å². The standard InChI is InChI=1S/C15H15ClN2O2S/c1-10-3-2-4-12(7-10)21(20)9-15(19)18-14-8-11(16)5-6-13(14)17/h2-8H,9,17H2,1H3,(H,18,19). The van der Waals surface area contributed by atoms with Gasteiger partial charge in [0.1, 0.15) is 5.75 Å². The van der Waals surface area contributed by atoms with Gasteiger partial charge in [0, 0.05) is 9.92 Å². The number of carbonyl (C=O) groups is 1. The van der Waals surface area contributed by atoms with Crippen molar-refractivity contribution in [1.82, 2.24) is 0 Å². The topological polar surface area (TPSA) is 72.2 Å². The number of hydrogen-bond acceptors (Lipinski definition) is 3. The second-order valence-corrected chi connectivity index (χ2v) is 6.47. The SMILES string of the molecule is Cc1cccc(S(=O)CC(=O)Nc2cc(Cl)ccc2N)c1. The molecule has 0 aliphatic carbocycles. The molecule has 0 aromatic heterocycles. The summed E-state index contributed by atoms with van der Waals surface area (Å²) in [5.74, 6) is -0.501. The van der Waals surface area contributed by atoms with Gasteiger partial charge in [-0.05, 0) is 42.8 Å². The van der Waals surface area contributed by atoms with Crippen molar-refractivity contribution in [3.8, 4) is 0 Å². The van der Waals surface area contributed by atoms with E-state index in [1.165, 1.54) is 0 Å². The molecule has 2 aromatic carbocycles. The Kier molecular flexibility index (Phi) is 4.98. The van der Waals surface area contributed by atoms with Crippen LogP contribution in [0.1, 0.15) is 5.56 Å². The summed E-state index contributed by atoms with van der Waals surface area (Å²) in [6.45, 7) is 1.91. The van der Waals surface area contributed by atoms with Crippen molar-refractivity contribution < 1.29 is 9.00 Å². The van der Waals surface area contributed by atoms with Gasteiger partial charge in [-0.15, -0.1) is 0 Å². The van der Waals surface area contributed by atoms with Crippen LogP contribution in [0.3, 0.4) is 0 Å². The summed E-state index contributed by atoms with van der Waals surface area (Å²) >= 11 is 5.85. The minimum atomic E-state index is -1.40. The number of carbonyl (C=O) groups excluding carboxylic acids is 1. The van der Waals surface area contributed by atoms with E-state index in [-0.39, 0.29) is 11.7 Å². The number of nitrogens with one attached hydrogen (secondary N) is 1. The van der Waals surface area contributed by atoms with Crippen LogP contribution < -0.4 is 11.1 Å². The molecule has 1 amide bonds. The first kappa shape index (κ1) is 15.5. The maximum atomic E-state index is 12.1. The number of hydrogen-bond donors (Lipinski definition) is 2. The Morgan fingerprint density at radius 3 is 2.76 bits per heavy atom. The average molecular weight is 323 g/mol. The van der Waals surface area contributed by atoms with E-state index in [0.29, 0.717) is 21.3 Å². The molecule has 2 rings (SSSR count). The Bertz CT molecular complexity index is 704. The van der Waals surface area contributed by atoms with Crippen LogP contribution in [0.25, 0.3) is 0 Å². The zero-order chi connectivity index (χ0) is 15.4. The molecule has 0 radical (unpaired) electrons. The third-order valence-electron chi connectivity index (χ3n) is 2.80. The highest BCUT2D eigenvalue weighted by Gasteiger charge is 2.12. The minimum absolute atomic E-state index is 0.130. The molecule has 0 saturated heterocycles. The van der Waals surface area contributed by atoms with Gasteiger partial charge in [-0.2, -0.15) is 0 Å². The molecule has 0 spiro atoms. The summed E-state index contributed by atoms with van der Waals surface area (Å²) in [7, 11) is -1.40. The lowest BCUT2D eigenvalue weighted by atomic mass is 10.2. The van der Waals surface area contributed by atoms with Crippen molar-refractivity contribution >= 4 is 39.7 Å². The van der Waals surface area contributed by atoms with E-state index in [1.807, 2.05) is 19.1 Å². The van der Waals surface area contributed by atoms with E-state index in [1.54, 1.807) is 30.3 Å².